The van der Waals surface area contributed by atoms with Crippen LogP contribution in [0.4, 0.5) is 0 Å². The molecule has 3 fully saturated rings. The number of benzene rings is 1. The van der Waals surface area contributed by atoms with Crippen LogP contribution < -0.4 is 0 Å². The molecule has 1 aromatic heterocycles. The third-order valence-corrected chi connectivity index (χ3v) is 7.65. The van der Waals surface area contributed by atoms with Gasteiger partial charge in [0.25, 0.3) is 0 Å². The predicted molar refractivity (Wildman–Crippen MR) is 117 cm³/mol. The van der Waals surface area contributed by atoms with Gasteiger partial charge in [0.05, 0.1) is 6.61 Å². The highest BCUT2D eigenvalue weighted by Gasteiger charge is 2.48. The molecule has 5 rings (SSSR count). The molecule has 3 aliphatic heterocycles. The van der Waals surface area contributed by atoms with Gasteiger partial charge >= 0.3 is 11.9 Å². The van der Waals surface area contributed by atoms with E-state index >= 15 is 0 Å². The van der Waals surface area contributed by atoms with Gasteiger partial charge in [-0.25, -0.2) is 9.59 Å². The number of fused-ring (bicyclic) bond motifs is 3. The molecule has 0 radical (unpaired) electrons. The van der Waals surface area contributed by atoms with E-state index in [2.05, 4.69) is 4.90 Å². The molecule has 3 aliphatic rings. The molecule has 166 valence electrons. The van der Waals surface area contributed by atoms with E-state index in [1.165, 1.54) is 11.3 Å². The van der Waals surface area contributed by atoms with Crippen LogP contribution in [0.1, 0.15) is 33.0 Å². The molecule has 1 aromatic carbocycles. The van der Waals surface area contributed by atoms with Crippen LogP contribution >= 0.6 is 11.3 Å². The number of carboxylic acids is 1. The van der Waals surface area contributed by atoms with Crippen LogP contribution in [-0.2, 0) is 21.6 Å². The maximum Gasteiger partial charge on any atom is 0.345 e. The summed E-state index contributed by atoms with van der Waals surface area (Å²) in [5.41, 5.74) is -0.720. The van der Waals surface area contributed by atoms with Gasteiger partial charge in [-0.1, -0.05) is 30.3 Å². The normalized spacial score (nSPS) is 24.7. The second-order valence-electron chi connectivity index (χ2n) is 8.39. The van der Waals surface area contributed by atoms with Gasteiger partial charge < -0.3 is 14.9 Å². The fraction of sp³-hybridized carbons (Fsp3) is 0.478. The molecular weight excluding hydrogens is 416 g/mol. The SMILES string of the molecule is CN(Cc1ccc(C(=O)O)s1)C(CO)(C(=O)O[C@H]1CN2CCC1CC2)c1ccccc1. The fourth-order valence-corrected chi connectivity index (χ4v) is 5.61. The first-order valence-electron chi connectivity index (χ1n) is 10.6. The second-order valence-corrected chi connectivity index (χ2v) is 9.56. The summed E-state index contributed by atoms with van der Waals surface area (Å²) >= 11 is 1.17. The number of carbonyl (C=O) groups is 2. The minimum absolute atomic E-state index is 0.168. The van der Waals surface area contributed by atoms with Gasteiger partial charge in [-0.3, -0.25) is 9.80 Å². The number of aliphatic hydroxyl groups excluding tert-OH is 1. The highest BCUT2D eigenvalue weighted by molar-refractivity contribution is 7.13. The molecule has 7 nitrogen and oxygen atoms in total. The molecule has 0 amide bonds. The molecule has 0 spiro atoms. The maximum absolute atomic E-state index is 13.7. The Morgan fingerprint density at radius 2 is 1.90 bits per heavy atom. The van der Waals surface area contributed by atoms with Gasteiger partial charge in [-0.2, -0.15) is 0 Å². The summed E-state index contributed by atoms with van der Waals surface area (Å²) in [5, 5.41) is 19.8. The summed E-state index contributed by atoms with van der Waals surface area (Å²) in [6.07, 6.45) is 1.88. The van der Waals surface area contributed by atoms with Crippen molar-refractivity contribution >= 4 is 23.3 Å². The lowest BCUT2D eigenvalue weighted by molar-refractivity contribution is -0.177. The van der Waals surface area contributed by atoms with Gasteiger partial charge in [0, 0.05) is 18.0 Å². The summed E-state index contributed by atoms with van der Waals surface area (Å²) < 4.78 is 6.07. The summed E-state index contributed by atoms with van der Waals surface area (Å²) in [4.78, 5) is 30.0. The molecule has 1 unspecified atom stereocenters. The highest BCUT2D eigenvalue weighted by Crippen LogP contribution is 2.35. The van der Waals surface area contributed by atoms with E-state index in [-0.39, 0.29) is 11.0 Å². The number of ether oxygens (including phenoxy) is 1. The Labute approximate surface area is 185 Å². The average Bonchev–Trinajstić information content (AvgIpc) is 3.25. The monoisotopic (exact) mass is 444 g/mol. The smallest absolute Gasteiger partial charge is 0.345 e. The minimum Gasteiger partial charge on any atom is -0.477 e. The van der Waals surface area contributed by atoms with Crippen molar-refractivity contribution in [3.8, 4) is 0 Å². The van der Waals surface area contributed by atoms with Crippen molar-refractivity contribution in [3.05, 3.63) is 57.8 Å². The maximum atomic E-state index is 13.7. The molecule has 8 heteroatoms. The second kappa shape index (κ2) is 9.08. The summed E-state index contributed by atoms with van der Waals surface area (Å²) in [5.74, 6) is -1.07. The van der Waals surface area contributed by atoms with Gasteiger partial charge in [-0.05, 0) is 56.6 Å². The number of piperidine rings is 3. The zero-order valence-corrected chi connectivity index (χ0v) is 18.4. The van der Waals surface area contributed by atoms with Crippen LogP contribution in [0.5, 0.6) is 0 Å². The molecule has 0 saturated carbocycles. The molecule has 2 N–H and O–H groups in total. The lowest BCUT2D eigenvalue weighted by atomic mass is 9.85. The van der Waals surface area contributed by atoms with Crippen molar-refractivity contribution in [1.29, 1.82) is 0 Å². The lowest BCUT2D eigenvalue weighted by Gasteiger charge is -2.46. The van der Waals surface area contributed by atoms with Crippen LogP contribution in [0.15, 0.2) is 42.5 Å². The third-order valence-electron chi connectivity index (χ3n) is 6.59. The Balaban J connectivity index is 1.62. The first-order chi connectivity index (χ1) is 14.9. The number of thiophene rings is 1. The van der Waals surface area contributed by atoms with E-state index in [0.29, 0.717) is 18.0 Å². The predicted octanol–water partition coefficient (Wildman–Crippen LogP) is 2.40. The number of esters is 1. The molecule has 3 saturated heterocycles. The van der Waals surface area contributed by atoms with Crippen LogP contribution in [0, 0.1) is 5.92 Å². The summed E-state index contributed by atoms with van der Waals surface area (Å²) in [6.45, 7) is 2.70. The molecule has 2 bridgehead atoms. The van der Waals surface area contributed by atoms with Crippen molar-refractivity contribution in [2.24, 2.45) is 5.92 Å². The summed E-state index contributed by atoms with van der Waals surface area (Å²) in [7, 11) is 1.77. The van der Waals surface area contributed by atoms with Crippen molar-refractivity contribution < 1.29 is 24.5 Å². The zero-order chi connectivity index (χ0) is 22.0. The number of carbonyl (C=O) groups excluding carboxylic acids is 1. The highest BCUT2D eigenvalue weighted by atomic mass is 32.1. The van der Waals surface area contributed by atoms with E-state index in [1.807, 2.05) is 30.3 Å². The van der Waals surface area contributed by atoms with Crippen molar-refractivity contribution in [1.82, 2.24) is 9.80 Å². The van der Waals surface area contributed by atoms with E-state index in [9.17, 15) is 19.8 Å². The zero-order valence-electron chi connectivity index (χ0n) is 17.6. The van der Waals surface area contributed by atoms with Gasteiger partial charge in [0.2, 0.25) is 0 Å². The molecule has 0 aliphatic carbocycles. The Bertz CT molecular complexity index is 925. The number of rotatable bonds is 8. The van der Waals surface area contributed by atoms with Gasteiger partial charge in [-0.15, -0.1) is 11.3 Å². The topological polar surface area (TPSA) is 90.3 Å². The van der Waals surface area contributed by atoms with Crippen molar-refractivity contribution in [3.63, 3.8) is 0 Å². The molecule has 31 heavy (non-hydrogen) atoms. The fourth-order valence-electron chi connectivity index (χ4n) is 4.71. The average molecular weight is 445 g/mol. The first-order valence-corrected chi connectivity index (χ1v) is 11.4. The Hall–Kier alpha value is -2.26. The molecular formula is C23H28N2O5S. The number of nitrogens with zero attached hydrogens (tertiary/aromatic N) is 2. The lowest BCUT2D eigenvalue weighted by Crippen LogP contribution is -2.57. The van der Waals surface area contributed by atoms with E-state index in [0.717, 1.165) is 37.4 Å². The van der Waals surface area contributed by atoms with E-state index in [1.54, 1.807) is 24.1 Å². The standard InChI is InChI=1S/C23H28N2O5S/c1-24(13-18-7-8-20(31-18)21(27)28)23(15-26,17-5-3-2-4-6-17)22(29)30-19-14-25-11-9-16(19)10-12-25/h2-8,16,19,26H,9-15H2,1H3,(H,27,28)/t19-,23?/m0/s1. The van der Waals surface area contributed by atoms with E-state index < -0.39 is 24.1 Å². The molecule has 2 atom stereocenters. The summed E-state index contributed by atoms with van der Waals surface area (Å²) in [6, 6.07) is 12.5. The van der Waals surface area contributed by atoms with E-state index in [4.69, 9.17) is 4.74 Å². The Morgan fingerprint density at radius 3 is 2.45 bits per heavy atom. The van der Waals surface area contributed by atoms with Crippen LogP contribution in [0.3, 0.4) is 0 Å². The largest absolute Gasteiger partial charge is 0.477 e. The van der Waals surface area contributed by atoms with Crippen LogP contribution in [0.2, 0.25) is 0 Å². The first kappa shape index (κ1) is 22.0. The van der Waals surface area contributed by atoms with Crippen molar-refractivity contribution in [2.75, 3.05) is 33.3 Å². The number of aliphatic hydroxyl groups is 1. The molecule has 4 heterocycles. The minimum atomic E-state index is -1.37. The van der Waals surface area contributed by atoms with Gasteiger partial charge in [0.1, 0.15) is 11.0 Å². The molecule has 2 aromatic rings. The van der Waals surface area contributed by atoms with Crippen LogP contribution in [0.25, 0.3) is 0 Å². The number of carboxylic acid groups (broad SMARTS) is 1. The van der Waals surface area contributed by atoms with Crippen LogP contribution in [-0.4, -0.2) is 71.3 Å². The number of aromatic carboxylic acids is 1. The number of hydrogen-bond acceptors (Lipinski definition) is 7. The van der Waals surface area contributed by atoms with Crippen molar-refractivity contribution in [2.45, 2.75) is 31.0 Å². The Kier molecular flexibility index (Phi) is 6.43. The Morgan fingerprint density at radius 1 is 1.19 bits per heavy atom. The number of hydrogen-bond donors (Lipinski definition) is 2. The number of likely N-dealkylation sites (N-methyl/N-ethyl adjacent to an activating group) is 1. The van der Waals surface area contributed by atoms with Gasteiger partial charge in [0.15, 0.2) is 5.54 Å². The third kappa shape index (κ3) is 4.25. The quantitative estimate of drug-likeness (QED) is 0.604.